The lowest BCUT2D eigenvalue weighted by Crippen LogP contribution is -1.97. The van der Waals surface area contributed by atoms with E-state index in [0.717, 1.165) is 21.9 Å². The zero-order valence-electron chi connectivity index (χ0n) is 11.4. The number of aromatic amines is 1. The molecule has 0 saturated heterocycles. The van der Waals surface area contributed by atoms with Crippen LogP contribution in [0.4, 0.5) is 0 Å². The van der Waals surface area contributed by atoms with Crippen LogP contribution in [-0.2, 0) is 12.3 Å². The van der Waals surface area contributed by atoms with Crippen molar-refractivity contribution in [1.29, 1.82) is 0 Å². The first-order valence-electron chi connectivity index (χ1n) is 6.62. The zero-order valence-corrected chi connectivity index (χ0v) is 12.2. The van der Waals surface area contributed by atoms with Crippen molar-refractivity contribution in [3.8, 4) is 0 Å². The van der Waals surface area contributed by atoms with Crippen LogP contribution < -0.4 is 5.73 Å². The number of rotatable bonds is 4. The minimum Gasteiger partial charge on any atom is -0.333 e. The number of para-hydroxylation sites is 2. The van der Waals surface area contributed by atoms with Gasteiger partial charge in [0.1, 0.15) is 0 Å². The number of hydrogen-bond acceptors (Lipinski definition) is 3. The van der Waals surface area contributed by atoms with Crippen LogP contribution in [0.3, 0.4) is 0 Å². The third-order valence-electron chi connectivity index (χ3n) is 3.37. The molecule has 0 unspecified atom stereocenters. The summed E-state index contributed by atoms with van der Waals surface area (Å²) in [6.07, 6.45) is 0. The average molecular weight is 283 g/mol. The molecule has 3 nitrogen and oxygen atoms in total. The standard InChI is InChI=1S/C16H17N3S/c1-11-8-12(9-17)6-7-13(11)10-20-16-18-14-4-2-3-5-15(14)19-16/h2-8H,9-10,17H2,1H3,(H,18,19). The molecule has 1 aromatic heterocycles. The quantitative estimate of drug-likeness (QED) is 0.719. The molecule has 0 spiro atoms. The third-order valence-corrected chi connectivity index (χ3v) is 4.30. The fourth-order valence-electron chi connectivity index (χ4n) is 2.19. The number of hydrogen-bond donors (Lipinski definition) is 2. The Hall–Kier alpha value is -1.78. The smallest absolute Gasteiger partial charge is 0.166 e. The van der Waals surface area contributed by atoms with Gasteiger partial charge in [-0.2, -0.15) is 0 Å². The first-order chi connectivity index (χ1) is 9.76. The van der Waals surface area contributed by atoms with Gasteiger partial charge >= 0.3 is 0 Å². The number of aryl methyl sites for hydroxylation is 1. The largest absolute Gasteiger partial charge is 0.333 e. The lowest BCUT2D eigenvalue weighted by molar-refractivity contribution is 1.06. The summed E-state index contributed by atoms with van der Waals surface area (Å²) >= 11 is 1.73. The van der Waals surface area contributed by atoms with E-state index in [1.165, 1.54) is 16.7 Å². The Morgan fingerprint density at radius 2 is 2.05 bits per heavy atom. The van der Waals surface area contributed by atoms with Crippen LogP contribution >= 0.6 is 11.8 Å². The predicted molar refractivity (Wildman–Crippen MR) is 84.7 cm³/mol. The molecule has 0 fully saturated rings. The number of fused-ring (bicyclic) bond motifs is 1. The second kappa shape index (κ2) is 5.69. The van der Waals surface area contributed by atoms with Gasteiger partial charge in [0.2, 0.25) is 0 Å². The molecule has 0 saturated carbocycles. The topological polar surface area (TPSA) is 54.7 Å². The van der Waals surface area contributed by atoms with Crippen molar-refractivity contribution in [2.45, 2.75) is 24.4 Å². The molecule has 2 aromatic carbocycles. The van der Waals surface area contributed by atoms with Crippen molar-refractivity contribution in [3.63, 3.8) is 0 Å². The highest BCUT2D eigenvalue weighted by Crippen LogP contribution is 2.24. The van der Waals surface area contributed by atoms with E-state index < -0.39 is 0 Å². The van der Waals surface area contributed by atoms with Gasteiger partial charge in [-0.05, 0) is 35.7 Å². The third kappa shape index (κ3) is 2.71. The van der Waals surface area contributed by atoms with Gasteiger partial charge in [0, 0.05) is 12.3 Å². The molecule has 3 rings (SSSR count). The molecule has 0 aliphatic rings. The average Bonchev–Trinajstić information content (AvgIpc) is 2.88. The van der Waals surface area contributed by atoms with Crippen LogP contribution in [0.5, 0.6) is 0 Å². The van der Waals surface area contributed by atoms with Crippen LogP contribution in [0.1, 0.15) is 16.7 Å². The maximum absolute atomic E-state index is 5.66. The first kappa shape index (κ1) is 13.2. The number of benzene rings is 2. The second-order valence-electron chi connectivity index (χ2n) is 4.81. The summed E-state index contributed by atoms with van der Waals surface area (Å²) in [5.41, 5.74) is 11.6. The van der Waals surface area contributed by atoms with Gasteiger partial charge in [0.15, 0.2) is 5.16 Å². The van der Waals surface area contributed by atoms with E-state index in [4.69, 9.17) is 5.73 Å². The Morgan fingerprint density at radius 3 is 2.80 bits per heavy atom. The molecule has 3 aromatic rings. The summed E-state index contributed by atoms with van der Waals surface area (Å²) in [6.45, 7) is 2.73. The SMILES string of the molecule is Cc1cc(CN)ccc1CSc1nc2ccccc2[nH]1. The van der Waals surface area contributed by atoms with Crippen molar-refractivity contribution in [1.82, 2.24) is 9.97 Å². The van der Waals surface area contributed by atoms with E-state index in [9.17, 15) is 0 Å². The summed E-state index contributed by atoms with van der Waals surface area (Å²) in [6, 6.07) is 14.5. The number of nitrogens with zero attached hydrogens (tertiary/aromatic N) is 1. The maximum Gasteiger partial charge on any atom is 0.166 e. The molecule has 4 heteroatoms. The summed E-state index contributed by atoms with van der Waals surface area (Å²) in [5.74, 6) is 0.913. The molecule has 1 heterocycles. The fourth-order valence-corrected chi connectivity index (χ4v) is 3.15. The molecule has 0 aliphatic carbocycles. The second-order valence-corrected chi connectivity index (χ2v) is 5.78. The lowest BCUT2D eigenvalue weighted by Gasteiger charge is -2.06. The summed E-state index contributed by atoms with van der Waals surface area (Å²) in [4.78, 5) is 7.92. The van der Waals surface area contributed by atoms with Crippen molar-refractivity contribution in [2.24, 2.45) is 5.73 Å². The van der Waals surface area contributed by atoms with E-state index in [1.807, 2.05) is 24.3 Å². The van der Waals surface area contributed by atoms with Gasteiger partial charge in [0.05, 0.1) is 11.0 Å². The molecule has 0 amide bonds. The number of thioether (sulfide) groups is 1. The summed E-state index contributed by atoms with van der Waals surface area (Å²) in [7, 11) is 0. The van der Waals surface area contributed by atoms with Gasteiger partial charge in [-0.3, -0.25) is 0 Å². The van der Waals surface area contributed by atoms with Crippen LogP contribution in [0.2, 0.25) is 0 Å². The highest BCUT2D eigenvalue weighted by Gasteiger charge is 2.05. The highest BCUT2D eigenvalue weighted by atomic mass is 32.2. The maximum atomic E-state index is 5.66. The number of H-pyrrole nitrogens is 1. The van der Waals surface area contributed by atoms with E-state index in [0.29, 0.717) is 6.54 Å². The van der Waals surface area contributed by atoms with Gasteiger partial charge in [-0.1, -0.05) is 42.1 Å². The molecular formula is C16H17N3S. The lowest BCUT2D eigenvalue weighted by atomic mass is 10.1. The van der Waals surface area contributed by atoms with Gasteiger partial charge in [0.25, 0.3) is 0 Å². The van der Waals surface area contributed by atoms with Crippen LogP contribution in [0, 0.1) is 6.92 Å². The summed E-state index contributed by atoms with van der Waals surface area (Å²) in [5, 5.41) is 0.966. The van der Waals surface area contributed by atoms with Crippen molar-refractivity contribution in [3.05, 3.63) is 59.2 Å². The minimum atomic E-state index is 0.595. The monoisotopic (exact) mass is 283 g/mol. The number of nitrogens with two attached hydrogens (primary N) is 1. The molecule has 3 N–H and O–H groups in total. The molecule has 0 atom stereocenters. The van der Waals surface area contributed by atoms with Gasteiger partial charge in [-0.25, -0.2) is 4.98 Å². The number of aromatic nitrogens is 2. The first-order valence-corrected chi connectivity index (χ1v) is 7.61. The Labute approximate surface area is 122 Å². The highest BCUT2D eigenvalue weighted by molar-refractivity contribution is 7.98. The van der Waals surface area contributed by atoms with E-state index in [1.54, 1.807) is 11.8 Å². The molecule has 0 aliphatic heterocycles. The Kier molecular flexibility index (Phi) is 3.76. The van der Waals surface area contributed by atoms with Crippen LogP contribution in [0.15, 0.2) is 47.6 Å². The minimum absolute atomic E-state index is 0.595. The van der Waals surface area contributed by atoms with E-state index >= 15 is 0 Å². The predicted octanol–water partition coefficient (Wildman–Crippen LogP) is 3.62. The number of nitrogens with one attached hydrogen (secondary N) is 1. The van der Waals surface area contributed by atoms with E-state index in [2.05, 4.69) is 35.1 Å². The molecular weight excluding hydrogens is 266 g/mol. The summed E-state index contributed by atoms with van der Waals surface area (Å²) < 4.78 is 0. The molecule has 0 bridgehead atoms. The Bertz CT molecular complexity index is 700. The molecule has 20 heavy (non-hydrogen) atoms. The van der Waals surface area contributed by atoms with Crippen LogP contribution in [-0.4, -0.2) is 9.97 Å². The molecule has 102 valence electrons. The van der Waals surface area contributed by atoms with Gasteiger partial charge < -0.3 is 10.7 Å². The fraction of sp³-hybridized carbons (Fsp3) is 0.188. The Morgan fingerprint density at radius 1 is 1.20 bits per heavy atom. The normalized spacial score (nSPS) is 11.1. The Balaban J connectivity index is 1.75. The van der Waals surface area contributed by atoms with Crippen molar-refractivity contribution < 1.29 is 0 Å². The zero-order chi connectivity index (χ0) is 13.9. The van der Waals surface area contributed by atoms with Gasteiger partial charge in [-0.15, -0.1) is 0 Å². The van der Waals surface area contributed by atoms with E-state index in [-0.39, 0.29) is 0 Å². The van der Waals surface area contributed by atoms with Crippen LogP contribution in [0.25, 0.3) is 11.0 Å². The van der Waals surface area contributed by atoms with Crippen molar-refractivity contribution >= 4 is 22.8 Å². The van der Waals surface area contributed by atoms with Crippen molar-refractivity contribution in [2.75, 3.05) is 0 Å². The molecule has 0 radical (unpaired) electrons. The number of imidazole rings is 1.